The second-order valence-corrected chi connectivity index (χ2v) is 13.4. The number of methoxy groups -OCH3 is 1. The molecule has 0 bridgehead atoms. The van der Waals surface area contributed by atoms with E-state index in [9.17, 15) is 37.3 Å². The summed E-state index contributed by atoms with van der Waals surface area (Å²) in [4.78, 5) is 0. The highest BCUT2D eigenvalue weighted by Gasteiger charge is 2.55. The Balaban J connectivity index is 1.50. The average Bonchev–Trinajstić information content (AvgIpc) is 3.58. The third-order valence-electron chi connectivity index (χ3n) is 8.26. The topological polar surface area (TPSA) is 127 Å². The number of aliphatic hydroxyl groups excluding tert-OH is 2. The zero-order valence-electron chi connectivity index (χ0n) is 22.2. The molecule has 0 radical (unpaired) electrons. The minimum atomic E-state index is -2.91. The van der Waals surface area contributed by atoms with Crippen LogP contribution in [0.2, 0.25) is 0 Å². The third kappa shape index (κ3) is 5.49. The zero-order chi connectivity index (χ0) is 29.7. The fourth-order valence-electron chi connectivity index (χ4n) is 6.01. The number of alkyl halides is 2. The number of aromatic nitrogens is 4. The van der Waals surface area contributed by atoms with Crippen molar-refractivity contribution in [3.8, 4) is 11.3 Å². The van der Waals surface area contributed by atoms with Crippen molar-refractivity contribution in [1.29, 1.82) is 0 Å². The lowest BCUT2D eigenvalue weighted by Gasteiger charge is -2.53. The lowest BCUT2D eigenvalue weighted by molar-refractivity contribution is -0.105. The smallest absolute Gasteiger partial charge is 0.248 e. The second kappa shape index (κ2) is 11.2. The largest absolute Gasteiger partial charge is 0.395 e. The fraction of sp³-hybridized carbons (Fsp3) is 0.577. The summed E-state index contributed by atoms with van der Waals surface area (Å²) >= 11 is 0. The normalized spacial score (nSPS) is 29.4. The first-order valence-corrected chi connectivity index (χ1v) is 14.7. The van der Waals surface area contributed by atoms with Gasteiger partial charge >= 0.3 is 0 Å². The molecule has 2 fully saturated rings. The minimum absolute atomic E-state index is 0.00628. The number of ether oxygens (including phenoxy) is 1. The highest BCUT2D eigenvalue weighted by atomic mass is 32.2. The first-order chi connectivity index (χ1) is 19.4. The molecule has 0 amide bonds. The molecule has 1 aromatic carbocycles. The van der Waals surface area contributed by atoms with Crippen LogP contribution in [0.25, 0.3) is 11.3 Å². The SMILES string of the molecule is CO[C@H]1C[SH]([C@H](c2nocc2C)C2(O)CCC(F)(F)CC2)[C@H](CO)[C@H](O)[C@@H]1n1cc(-c2cc(F)c(F)c(F)c2)nn1. The number of thiol groups is 1. The molecule has 2 aliphatic rings. The molecule has 1 saturated heterocycles. The highest BCUT2D eigenvalue weighted by molar-refractivity contribution is 8.18. The van der Waals surface area contributed by atoms with Crippen molar-refractivity contribution in [1.82, 2.24) is 20.2 Å². The van der Waals surface area contributed by atoms with Crippen LogP contribution in [0.4, 0.5) is 22.0 Å². The van der Waals surface area contributed by atoms with Crippen molar-refractivity contribution >= 4 is 10.9 Å². The van der Waals surface area contributed by atoms with Crippen molar-refractivity contribution in [3.63, 3.8) is 0 Å². The molecule has 2 aromatic heterocycles. The van der Waals surface area contributed by atoms with Crippen molar-refractivity contribution in [3.05, 3.63) is 53.3 Å². The van der Waals surface area contributed by atoms with Crippen molar-refractivity contribution < 1.29 is 46.5 Å². The standard InChI is InChI=1S/C26H31F5N4O5S/c1-13-11-40-33-21(13)24(25(38)3-5-26(30,31)6-4-25)41-12-18(39-2)22(23(37)19(41)10-36)35-9-17(32-34-35)14-7-15(27)20(29)16(28)8-14/h7-9,11,18-19,22-24,36-38,41H,3-6,10,12H2,1-2H3/t18-,19+,22+,23-,24+/m0/s1. The molecule has 15 heteroatoms. The van der Waals surface area contributed by atoms with Crippen LogP contribution in [0.5, 0.6) is 0 Å². The molecule has 3 aromatic rings. The molecule has 1 unspecified atom stereocenters. The predicted molar refractivity (Wildman–Crippen MR) is 138 cm³/mol. The van der Waals surface area contributed by atoms with E-state index in [0.717, 1.165) is 12.1 Å². The maximum atomic E-state index is 14.1. The maximum absolute atomic E-state index is 14.1. The number of hydrogen-bond acceptors (Lipinski definition) is 8. The Hall–Kier alpha value is -2.59. The summed E-state index contributed by atoms with van der Waals surface area (Å²) in [5.41, 5.74) is -0.682. The number of rotatable bonds is 7. The van der Waals surface area contributed by atoms with Gasteiger partial charge in [0.1, 0.15) is 23.7 Å². The number of aliphatic hydroxyl groups is 3. The fourth-order valence-corrected chi connectivity index (χ4v) is 9.87. The molecule has 226 valence electrons. The number of benzene rings is 1. The Bertz CT molecular complexity index is 1360. The van der Waals surface area contributed by atoms with Crippen LogP contribution in [-0.2, 0) is 4.74 Å². The molecule has 41 heavy (non-hydrogen) atoms. The van der Waals surface area contributed by atoms with Gasteiger partial charge in [-0.3, -0.25) is 0 Å². The molecule has 1 aliphatic heterocycles. The molecule has 3 N–H and O–H groups in total. The van der Waals surface area contributed by atoms with E-state index in [1.807, 2.05) is 0 Å². The lowest BCUT2D eigenvalue weighted by atomic mass is 9.79. The van der Waals surface area contributed by atoms with Gasteiger partial charge in [0.05, 0.1) is 35.9 Å². The summed E-state index contributed by atoms with van der Waals surface area (Å²) in [6.07, 6.45) is -0.803. The molecular formula is C26H31F5N4O5S. The Labute approximate surface area is 234 Å². The average molecular weight is 607 g/mol. The molecule has 6 atom stereocenters. The van der Waals surface area contributed by atoms with Gasteiger partial charge in [-0.1, -0.05) is 10.4 Å². The number of hydrogen-bond donors (Lipinski definition) is 4. The Kier molecular flexibility index (Phi) is 8.20. The summed E-state index contributed by atoms with van der Waals surface area (Å²) < 4.78 is 81.5. The summed E-state index contributed by atoms with van der Waals surface area (Å²) in [7, 11) is -0.155. The van der Waals surface area contributed by atoms with Gasteiger partial charge in [0.25, 0.3) is 0 Å². The lowest BCUT2D eigenvalue weighted by Crippen LogP contribution is -2.54. The first-order valence-electron chi connectivity index (χ1n) is 13.0. The van der Waals surface area contributed by atoms with Crippen LogP contribution < -0.4 is 0 Å². The summed E-state index contributed by atoms with van der Waals surface area (Å²) in [6, 6.07) is 0.622. The van der Waals surface area contributed by atoms with Crippen molar-refractivity contribution in [2.75, 3.05) is 19.5 Å². The minimum Gasteiger partial charge on any atom is -0.395 e. The van der Waals surface area contributed by atoms with E-state index in [2.05, 4.69) is 15.5 Å². The Morgan fingerprint density at radius 3 is 2.39 bits per heavy atom. The first kappa shape index (κ1) is 29.9. The van der Waals surface area contributed by atoms with Crippen LogP contribution in [0, 0.1) is 24.4 Å². The van der Waals surface area contributed by atoms with Gasteiger partial charge in [-0.15, -0.1) is 5.10 Å². The van der Waals surface area contributed by atoms with Gasteiger partial charge in [-0.2, -0.15) is 0 Å². The third-order valence-corrected chi connectivity index (χ3v) is 11.7. The summed E-state index contributed by atoms with van der Waals surface area (Å²) in [6.45, 7) is 1.22. The van der Waals surface area contributed by atoms with Gasteiger partial charge in [0, 0.05) is 42.1 Å². The molecule has 1 saturated carbocycles. The summed E-state index contributed by atoms with van der Waals surface area (Å²) in [5.74, 6) is -7.13. The monoisotopic (exact) mass is 606 g/mol. The van der Waals surface area contributed by atoms with Crippen LogP contribution in [-0.4, -0.2) is 83.9 Å². The molecule has 0 spiro atoms. The quantitative estimate of drug-likeness (QED) is 0.183. The van der Waals surface area contributed by atoms with E-state index in [0.29, 0.717) is 11.3 Å². The van der Waals surface area contributed by atoms with Crippen LogP contribution >= 0.6 is 10.9 Å². The molecule has 1 aliphatic carbocycles. The number of nitrogens with zero attached hydrogens (tertiary/aromatic N) is 4. The van der Waals surface area contributed by atoms with Crippen LogP contribution in [0.1, 0.15) is 48.2 Å². The van der Waals surface area contributed by atoms with E-state index >= 15 is 0 Å². The highest BCUT2D eigenvalue weighted by Crippen LogP contribution is 2.61. The maximum Gasteiger partial charge on any atom is 0.248 e. The van der Waals surface area contributed by atoms with Gasteiger partial charge < -0.3 is 24.6 Å². The Morgan fingerprint density at radius 1 is 1.17 bits per heavy atom. The van der Waals surface area contributed by atoms with E-state index in [4.69, 9.17) is 9.26 Å². The second-order valence-electron chi connectivity index (χ2n) is 10.8. The van der Waals surface area contributed by atoms with E-state index in [1.54, 1.807) is 6.92 Å². The van der Waals surface area contributed by atoms with Crippen LogP contribution in [0.15, 0.2) is 29.1 Å². The van der Waals surface area contributed by atoms with Gasteiger partial charge in [-0.25, -0.2) is 37.5 Å². The summed E-state index contributed by atoms with van der Waals surface area (Å²) in [5, 5.41) is 44.4. The van der Waals surface area contributed by atoms with E-state index in [1.165, 1.54) is 24.3 Å². The van der Waals surface area contributed by atoms with Crippen molar-refractivity contribution in [2.45, 2.75) is 72.9 Å². The van der Waals surface area contributed by atoms with E-state index in [-0.39, 0.29) is 29.9 Å². The Morgan fingerprint density at radius 2 is 1.83 bits per heavy atom. The molecule has 3 heterocycles. The van der Waals surface area contributed by atoms with Gasteiger partial charge in [-0.05, 0) is 31.9 Å². The molecule has 9 nitrogen and oxygen atoms in total. The number of aryl methyl sites for hydroxylation is 1. The van der Waals surface area contributed by atoms with E-state index < -0.39 is 88.1 Å². The molecular weight excluding hydrogens is 575 g/mol. The van der Waals surface area contributed by atoms with Crippen molar-refractivity contribution in [2.24, 2.45) is 0 Å². The zero-order valence-corrected chi connectivity index (χ0v) is 23.1. The van der Waals surface area contributed by atoms with Crippen LogP contribution in [0.3, 0.4) is 0 Å². The molecule has 5 rings (SSSR count). The van der Waals surface area contributed by atoms with Gasteiger partial charge in [0.15, 0.2) is 17.5 Å². The van der Waals surface area contributed by atoms with Gasteiger partial charge in [0.2, 0.25) is 5.92 Å². The predicted octanol–water partition coefficient (Wildman–Crippen LogP) is 3.63. The number of halogens is 5.